The van der Waals surface area contributed by atoms with Crippen molar-refractivity contribution in [3.63, 3.8) is 0 Å². The Morgan fingerprint density at radius 1 is 1.39 bits per heavy atom. The minimum Gasteiger partial charge on any atom is -0.497 e. The molecule has 1 aliphatic rings. The van der Waals surface area contributed by atoms with E-state index in [1.54, 1.807) is 7.11 Å². The van der Waals surface area contributed by atoms with Gasteiger partial charge in [0.15, 0.2) is 0 Å². The van der Waals surface area contributed by atoms with Gasteiger partial charge in [-0.25, -0.2) is 0 Å². The molecular formula is C15H17NO2. The SMILES string of the molecule is COc1ccc2c(c1)cc(CC=O)n2C1CCC1. The molecule has 0 bridgehead atoms. The lowest BCUT2D eigenvalue weighted by Crippen LogP contribution is -2.19. The lowest BCUT2D eigenvalue weighted by atomic mass is 9.92. The Labute approximate surface area is 106 Å². The van der Waals surface area contributed by atoms with Crippen LogP contribution in [-0.4, -0.2) is 18.0 Å². The summed E-state index contributed by atoms with van der Waals surface area (Å²) in [4.78, 5) is 10.8. The highest BCUT2D eigenvalue weighted by molar-refractivity contribution is 5.84. The summed E-state index contributed by atoms with van der Waals surface area (Å²) in [6.45, 7) is 0. The second kappa shape index (κ2) is 4.48. The molecule has 1 aliphatic carbocycles. The third kappa shape index (κ3) is 1.70. The average molecular weight is 243 g/mol. The van der Waals surface area contributed by atoms with Crippen molar-refractivity contribution in [1.29, 1.82) is 0 Å². The molecule has 0 N–H and O–H groups in total. The van der Waals surface area contributed by atoms with Gasteiger partial charge in [-0.05, 0) is 43.5 Å². The number of rotatable bonds is 4. The molecule has 0 radical (unpaired) electrons. The quantitative estimate of drug-likeness (QED) is 0.772. The van der Waals surface area contributed by atoms with E-state index in [1.807, 2.05) is 12.1 Å². The van der Waals surface area contributed by atoms with E-state index in [2.05, 4.69) is 16.7 Å². The van der Waals surface area contributed by atoms with Crippen molar-refractivity contribution in [1.82, 2.24) is 4.57 Å². The van der Waals surface area contributed by atoms with Crippen LogP contribution in [0, 0.1) is 0 Å². The first-order valence-electron chi connectivity index (χ1n) is 6.45. The number of benzene rings is 1. The van der Waals surface area contributed by atoms with Crippen LogP contribution >= 0.6 is 0 Å². The van der Waals surface area contributed by atoms with Crippen molar-refractivity contribution in [2.75, 3.05) is 7.11 Å². The number of nitrogens with zero attached hydrogens (tertiary/aromatic N) is 1. The molecule has 0 saturated heterocycles. The standard InChI is InChI=1S/C15H17NO2/c1-18-14-5-6-15-11(10-14)9-13(7-8-17)16(15)12-3-2-4-12/h5-6,8-10,12H,2-4,7H2,1H3. The fourth-order valence-corrected chi connectivity index (χ4v) is 2.72. The van der Waals surface area contributed by atoms with Crippen molar-refractivity contribution in [3.8, 4) is 5.75 Å². The van der Waals surface area contributed by atoms with Crippen LogP contribution < -0.4 is 4.74 Å². The number of aldehydes is 1. The molecule has 2 aromatic rings. The zero-order valence-electron chi connectivity index (χ0n) is 10.6. The van der Waals surface area contributed by atoms with Gasteiger partial charge >= 0.3 is 0 Å². The van der Waals surface area contributed by atoms with E-state index >= 15 is 0 Å². The van der Waals surface area contributed by atoms with E-state index in [0.29, 0.717) is 12.5 Å². The van der Waals surface area contributed by atoms with Crippen LogP contribution in [0.2, 0.25) is 0 Å². The summed E-state index contributed by atoms with van der Waals surface area (Å²) in [5.41, 5.74) is 2.34. The lowest BCUT2D eigenvalue weighted by Gasteiger charge is -2.29. The van der Waals surface area contributed by atoms with Gasteiger partial charge in [0, 0.05) is 29.1 Å². The summed E-state index contributed by atoms with van der Waals surface area (Å²) in [6, 6.07) is 8.82. The molecule has 0 aliphatic heterocycles. The van der Waals surface area contributed by atoms with Gasteiger partial charge in [-0.3, -0.25) is 0 Å². The summed E-state index contributed by atoms with van der Waals surface area (Å²) in [5.74, 6) is 0.867. The maximum absolute atomic E-state index is 10.8. The number of carbonyl (C=O) groups is 1. The molecule has 1 saturated carbocycles. The zero-order chi connectivity index (χ0) is 12.5. The number of methoxy groups -OCH3 is 1. The maximum atomic E-state index is 10.8. The molecule has 0 atom stereocenters. The number of aromatic nitrogens is 1. The smallest absolute Gasteiger partial charge is 0.125 e. The summed E-state index contributed by atoms with van der Waals surface area (Å²) in [6.07, 6.45) is 5.22. The molecule has 3 heteroatoms. The highest BCUT2D eigenvalue weighted by Gasteiger charge is 2.23. The molecule has 1 aromatic carbocycles. The normalized spacial score (nSPS) is 15.6. The van der Waals surface area contributed by atoms with Crippen molar-refractivity contribution >= 4 is 17.2 Å². The second-order valence-corrected chi connectivity index (χ2v) is 4.89. The number of carbonyl (C=O) groups excluding carboxylic acids is 1. The highest BCUT2D eigenvalue weighted by Crippen LogP contribution is 2.37. The Kier molecular flexibility index (Phi) is 2.82. The summed E-state index contributed by atoms with van der Waals surface area (Å²) >= 11 is 0. The monoisotopic (exact) mass is 243 g/mol. The van der Waals surface area contributed by atoms with Gasteiger partial charge < -0.3 is 14.1 Å². The molecule has 0 unspecified atom stereocenters. The van der Waals surface area contributed by atoms with Crippen molar-refractivity contribution in [3.05, 3.63) is 30.0 Å². The maximum Gasteiger partial charge on any atom is 0.125 e. The average Bonchev–Trinajstić information content (AvgIpc) is 2.66. The van der Waals surface area contributed by atoms with E-state index < -0.39 is 0 Å². The van der Waals surface area contributed by atoms with Crippen LogP contribution in [0.1, 0.15) is 31.0 Å². The van der Waals surface area contributed by atoms with Crippen molar-refractivity contribution in [2.24, 2.45) is 0 Å². The van der Waals surface area contributed by atoms with Crippen LogP contribution in [0.25, 0.3) is 10.9 Å². The van der Waals surface area contributed by atoms with Gasteiger partial charge in [0.05, 0.1) is 7.11 Å². The van der Waals surface area contributed by atoms with E-state index in [4.69, 9.17) is 4.74 Å². The molecule has 3 nitrogen and oxygen atoms in total. The largest absolute Gasteiger partial charge is 0.497 e. The van der Waals surface area contributed by atoms with Crippen LogP contribution in [0.5, 0.6) is 5.75 Å². The molecule has 1 heterocycles. The number of ether oxygens (including phenoxy) is 1. The van der Waals surface area contributed by atoms with Gasteiger partial charge in [0.25, 0.3) is 0 Å². The van der Waals surface area contributed by atoms with Gasteiger partial charge in [0.1, 0.15) is 12.0 Å². The summed E-state index contributed by atoms with van der Waals surface area (Å²) in [7, 11) is 1.68. The topological polar surface area (TPSA) is 31.2 Å². The number of fused-ring (bicyclic) bond motifs is 1. The van der Waals surface area contributed by atoms with Gasteiger partial charge in [0.2, 0.25) is 0 Å². The third-order valence-electron chi connectivity index (χ3n) is 3.86. The molecule has 0 spiro atoms. The Morgan fingerprint density at radius 2 is 2.22 bits per heavy atom. The minimum atomic E-state index is 0.494. The van der Waals surface area contributed by atoms with E-state index in [0.717, 1.165) is 23.1 Å². The molecule has 18 heavy (non-hydrogen) atoms. The molecule has 0 amide bonds. The first-order chi connectivity index (χ1) is 8.83. The second-order valence-electron chi connectivity index (χ2n) is 4.89. The van der Waals surface area contributed by atoms with E-state index in [1.165, 1.54) is 24.8 Å². The number of hydrogen-bond donors (Lipinski definition) is 0. The number of hydrogen-bond acceptors (Lipinski definition) is 2. The minimum absolute atomic E-state index is 0.494. The highest BCUT2D eigenvalue weighted by atomic mass is 16.5. The van der Waals surface area contributed by atoms with Gasteiger partial charge in [-0.15, -0.1) is 0 Å². The third-order valence-corrected chi connectivity index (χ3v) is 3.86. The fourth-order valence-electron chi connectivity index (χ4n) is 2.72. The Hall–Kier alpha value is -1.77. The van der Waals surface area contributed by atoms with Crippen LogP contribution in [0.3, 0.4) is 0 Å². The summed E-state index contributed by atoms with van der Waals surface area (Å²) in [5, 5.41) is 1.16. The van der Waals surface area contributed by atoms with Gasteiger partial charge in [-0.2, -0.15) is 0 Å². The molecular weight excluding hydrogens is 226 g/mol. The Morgan fingerprint density at radius 3 is 2.83 bits per heavy atom. The fraction of sp³-hybridized carbons (Fsp3) is 0.400. The Balaban J connectivity index is 2.15. The van der Waals surface area contributed by atoms with Crippen LogP contribution in [0.4, 0.5) is 0 Å². The summed E-state index contributed by atoms with van der Waals surface area (Å²) < 4.78 is 7.59. The van der Waals surface area contributed by atoms with Crippen molar-refractivity contribution in [2.45, 2.75) is 31.7 Å². The molecule has 1 aromatic heterocycles. The van der Waals surface area contributed by atoms with Crippen molar-refractivity contribution < 1.29 is 9.53 Å². The van der Waals surface area contributed by atoms with Crippen LogP contribution in [0.15, 0.2) is 24.3 Å². The Bertz CT molecular complexity index is 581. The predicted octanol–water partition coefficient (Wildman–Crippen LogP) is 3.12. The molecule has 1 fully saturated rings. The molecule has 3 rings (SSSR count). The van der Waals surface area contributed by atoms with E-state index in [9.17, 15) is 4.79 Å². The first kappa shape index (κ1) is 11.3. The zero-order valence-corrected chi connectivity index (χ0v) is 10.6. The molecule has 94 valence electrons. The van der Waals surface area contributed by atoms with E-state index in [-0.39, 0.29) is 0 Å². The van der Waals surface area contributed by atoms with Crippen LogP contribution in [-0.2, 0) is 11.2 Å². The first-order valence-corrected chi connectivity index (χ1v) is 6.45. The predicted molar refractivity (Wildman–Crippen MR) is 71.1 cm³/mol. The van der Waals surface area contributed by atoms with Gasteiger partial charge in [-0.1, -0.05) is 0 Å². The lowest BCUT2D eigenvalue weighted by molar-refractivity contribution is -0.107.